The maximum atomic E-state index is 3.84. The standard InChI is InChI=1S/C19H38N2/c1-6-11-20-17-8-7-15(2)14-18(17)21-12-9-16(10-13-21)19(3,4)5/h15-18,20H,6-14H2,1-5H3. The highest BCUT2D eigenvalue weighted by Gasteiger charge is 2.36. The molecule has 1 aliphatic carbocycles. The molecular weight excluding hydrogens is 256 g/mol. The molecule has 1 N–H and O–H groups in total. The highest BCUT2D eigenvalue weighted by molar-refractivity contribution is 4.93. The average Bonchev–Trinajstić information content (AvgIpc) is 2.45. The lowest BCUT2D eigenvalue weighted by Gasteiger charge is -2.47. The second kappa shape index (κ2) is 7.46. The van der Waals surface area contributed by atoms with Crippen LogP contribution in [0.25, 0.3) is 0 Å². The molecule has 3 atom stereocenters. The Hall–Kier alpha value is -0.0800. The van der Waals surface area contributed by atoms with Gasteiger partial charge in [-0.1, -0.05) is 34.6 Å². The van der Waals surface area contributed by atoms with E-state index in [1.807, 2.05) is 0 Å². The summed E-state index contributed by atoms with van der Waals surface area (Å²) in [7, 11) is 0. The molecule has 2 aliphatic rings. The van der Waals surface area contributed by atoms with Crippen molar-refractivity contribution in [3.63, 3.8) is 0 Å². The summed E-state index contributed by atoms with van der Waals surface area (Å²) in [4.78, 5) is 2.82. The molecule has 0 aromatic rings. The van der Waals surface area contributed by atoms with Crippen molar-refractivity contribution in [2.24, 2.45) is 17.3 Å². The van der Waals surface area contributed by atoms with Crippen LogP contribution in [0.4, 0.5) is 0 Å². The Kier molecular flexibility index (Phi) is 6.14. The maximum Gasteiger partial charge on any atom is 0.0251 e. The summed E-state index contributed by atoms with van der Waals surface area (Å²) in [5.41, 5.74) is 0.492. The fraction of sp³-hybridized carbons (Fsp3) is 1.00. The van der Waals surface area contributed by atoms with Gasteiger partial charge in [-0.2, -0.15) is 0 Å². The SMILES string of the molecule is CCCNC1CCC(C)CC1N1CCC(C(C)(C)C)CC1. The van der Waals surface area contributed by atoms with Crippen molar-refractivity contribution in [3.8, 4) is 0 Å². The summed E-state index contributed by atoms with van der Waals surface area (Å²) in [6.45, 7) is 15.8. The fourth-order valence-electron chi connectivity index (χ4n) is 4.42. The highest BCUT2D eigenvalue weighted by atomic mass is 15.2. The zero-order valence-corrected chi connectivity index (χ0v) is 15.1. The number of likely N-dealkylation sites (tertiary alicyclic amines) is 1. The molecule has 0 aromatic carbocycles. The molecule has 21 heavy (non-hydrogen) atoms. The van der Waals surface area contributed by atoms with E-state index in [0.717, 1.165) is 23.9 Å². The van der Waals surface area contributed by atoms with Crippen LogP contribution in [-0.2, 0) is 0 Å². The lowest BCUT2D eigenvalue weighted by Crippen LogP contribution is -2.55. The molecule has 2 nitrogen and oxygen atoms in total. The third-order valence-corrected chi connectivity index (χ3v) is 5.96. The number of hydrogen-bond acceptors (Lipinski definition) is 2. The van der Waals surface area contributed by atoms with Crippen LogP contribution in [0.1, 0.15) is 73.1 Å². The molecule has 0 bridgehead atoms. The minimum Gasteiger partial charge on any atom is -0.312 e. The predicted molar refractivity (Wildman–Crippen MR) is 92.6 cm³/mol. The van der Waals surface area contributed by atoms with Crippen molar-refractivity contribution >= 4 is 0 Å². The molecular formula is C19H38N2. The molecule has 124 valence electrons. The van der Waals surface area contributed by atoms with Crippen molar-refractivity contribution < 1.29 is 0 Å². The van der Waals surface area contributed by atoms with Crippen LogP contribution in [-0.4, -0.2) is 36.6 Å². The number of nitrogens with zero attached hydrogens (tertiary/aromatic N) is 1. The van der Waals surface area contributed by atoms with Crippen molar-refractivity contribution in [3.05, 3.63) is 0 Å². The van der Waals surface area contributed by atoms with E-state index in [9.17, 15) is 0 Å². The first-order chi connectivity index (χ1) is 9.91. The van der Waals surface area contributed by atoms with Gasteiger partial charge in [0.2, 0.25) is 0 Å². The lowest BCUT2D eigenvalue weighted by atomic mass is 9.74. The molecule has 2 rings (SSSR count). The quantitative estimate of drug-likeness (QED) is 0.831. The van der Waals surface area contributed by atoms with Crippen LogP contribution in [0.3, 0.4) is 0 Å². The number of piperidine rings is 1. The highest BCUT2D eigenvalue weighted by Crippen LogP contribution is 2.37. The summed E-state index contributed by atoms with van der Waals surface area (Å²) in [5, 5.41) is 3.84. The van der Waals surface area contributed by atoms with Gasteiger partial charge in [0.1, 0.15) is 0 Å². The second-order valence-electron chi connectivity index (χ2n) is 8.72. The van der Waals surface area contributed by atoms with E-state index in [0.29, 0.717) is 5.41 Å². The maximum absolute atomic E-state index is 3.84. The van der Waals surface area contributed by atoms with E-state index in [2.05, 4.69) is 44.8 Å². The Bertz CT molecular complexity index is 297. The molecule has 3 unspecified atom stereocenters. The van der Waals surface area contributed by atoms with E-state index in [-0.39, 0.29) is 0 Å². The van der Waals surface area contributed by atoms with Crippen molar-refractivity contribution in [1.29, 1.82) is 0 Å². The molecule has 1 aliphatic heterocycles. The molecule has 1 saturated carbocycles. The lowest BCUT2D eigenvalue weighted by molar-refractivity contribution is 0.0434. The van der Waals surface area contributed by atoms with Gasteiger partial charge < -0.3 is 5.32 Å². The van der Waals surface area contributed by atoms with Gasteiger partial charge in [-0.25, -0.2) is 0 Å². The van der Waals surface area contributed by atoms with Gasteiger partial charge >= 0.3 is 0 Å². The average molecular weight is 295 g/mol. The second-order valence-corrected chi connectivity index (χ2v) is 8.72. The van der Waals surface area contributed by atoms with Crippen molar-refractivity contribution in [1.82, 2.24) is 10.2 Å². The van der Waals surface area contributed by atoms with Gasteiger partial charge in [0.15, 0.2) is 0 Å². The zero-order valence-electron chi connectivity index (χ0n) is 15.1. The Labute approximate surface area is 133 Å². The van der Waals surface area contributed by atoms with Gasteiger partial charge in [-0.15, -0.1) is 0 Å². The minimum absolute atomic E-state index is 0.492. The molecule has 0 spiro atoms. The van der Waals surface area contributed by atoms with Crippen LogP contribution in [0.15, 0.2) is 0 Å². The predicted octanol–water partition coefficient (Wildman–Crippen LogP) is 4.30. The molecule has 0 radical (unpaired) electrons. The third-order valence-electron chi connectivity index (χ3n) is 5.96. The molecule has 0 aromatic heterocycles. The molecule has 0 amide bonds. The smallest absolute Gasteiger partial charge is 0.0251 e. The zero-order chi connectivity index (χ0) is 15.5. The van der Waals surface area contributed by atoms with Crippen molar-refractivity contribution in [2.75, 3.05) is 19.6 Å². The number of hydrogen-bond donors (Lipinski definition) is 1. The van der Waals surface area contributed by atoms with Gasteiger partial charge in [-0.05, 0) is 75.4 Å². The van der Waals surface area contributed by atoms with Crippen LogP contribution in [0.2, 0.25) is 0 Å². The van der Waals surface area contributed by atoms with Gasteiger partial charge in [-0.3, -0.25) is 4.90 Å². The van der Waals surface area contributed by atoms with E-state index < -0.39 is 0 Å². The van der Waals surface area contributed by atoms with Gasteiger partial charge in [0.05, 0.1) is 0 Å². The molecule has 1 heterocycles. The van der Waals surface area contributed by atoms with Gasteiger partial charge in [0, 0.05) is 12.1 Å². The summed E-state index contributed by atoms with van der Waals surface area (Å²) < 4.78 is 0. The summed E-state index contributed by atoms with van der Waals surface area (Å²) >= 11 is 0. The van der Waals surface area contributed by atoms with E-state index in [1.165, 1.54) is 58.2 Å². The van der Waals surface area contributed by atoms with Crippen LogP contribution >= 0.6 is 0 Å². The number of nitrogens with one attached hydrogen (secondary N) is 1. The van der Waals surface area contributed by atoms with E-state index in [1.54, 1.807) is 0 Å². The van der Waals surface area contributed by atoms with Crippen LogP contribution < -0.4 is 5.32 Å². The fourth-order valence-corrected chi connectivity index (χ4v) is 4.42. The Balaban J connectivity index is 1.92. The monoisotopic (exact) mass is 294 g/mol. The third kappa shape index (κ3) is 4.69. The largest absolute Gasteiger partial charge is 0.312 e. The molecule has 2 fully saturated rings. The minimum atomic E-state index is 0.492. The van der Waals surface area contributed by atoms with E-state index >= 15 is 0 Å². The summed E-state index contributed by atoms with van der Waals surface area (Å²) in [6.07, 6.45) is 8.25. The Morgan fingerprint density at radius 2 is 1.71 bits per heavy atom. The van der Waals surface area contributed by atoms with Crippen LogP contribution in [0, 0.1) is 17.3 Å². The van der Waals surface area contributed by atoms with Gasteiger partial charge in [0.25, 0.3) is 0 Å². The van der Waals surface area contributed by atoms with E-state index in [4.69, 9.17) is 0 Å². The first-order valence-electron chi connectivity index (χ1n) is 9.39. The normalized spacial score (nSPS) is 33.3. The molecule has 2 heteroatoms. The Morgan fingerprint density at radius 3 is 2.29 bits per heavy atom. The summed E-state index contributed by atoms with van der Waals surface area (Å²) in [5.74, 6) is 1.83. The topological polar surface area (TPSA) is 15.3 Å². The molecule has 1 saturated heterocycles. The Morgan fingerprint density at radius 1 is 1.05 bits per heavy atom. The first kappa shape index (κ1) is 17.3. The van der Waals surface area contributed by atoms with Crippen molar-refractivity contribution in [2.45, 2.75) is 85.2 Å². The first-order valence-corrected chi connectivity index (χ1v) is 9.39. The summed E-state index contributed by atoms with van der Waals surface area (Å²) in [6, 6.07) is 1.54. The van der Waals surface area contributed by atoms with Crippen LogP contribution in [0.5, 0.6) is 0 Å². The number of rotatable bonds is 4.